The number of rotatable bonds is 8. The van der Waals surface area contributed by atoms with Crippen LogP contribution in [0.25, 0.3) is 0 Å². The zero-order chi connectivity index (χ0) is 15.1. The van der Waals surface area contributed by atoms with E-state index in [0.717, 1.165) is 17.1 Å². The molecule has 1 aromatic rings. The summed E-state index contributed by atoms with van der Waals surface area (Å²) in [6.45, 7) is 3.31. The molecule has 1 rings (SSSR count). The molecule has 114 valence electrons. The van der Waals surface area contributed by atoms with E-state index < -0.39 is 0 Å². The monoisotopic (exact) mass is 282 g/mol. The number of nitrogens with zero attached hydrogens (tertiary/aromatic N) is 1. The summed E-state index contributed by atoms with van der Waals surface area (Å²) < 4.78 is 15.8. The van der Waals surface area contributed by atoms with Crippen molar-refractivity contribution in [1.29, 1.82) is 0 Å². The third-order valence-electron chi connectivity index (χ3n) is 3.61. The van der Waals surface area contributed by atoms with Crippen LogP contribution in [0.4, 0.5) is 0 Å². The topological polar surface area (TPSA) is 57.0 Å². The van der Waals surface area contributed by atoms with Crippen molar-refractivity contribution in [3.63, 3.8) is 0 Å². The molecular weight excluding hydrogens is 256 g/mol. The van der Waals surface area contributed by atoms with Gasteiger partial charge >= 0.3 is 0 Å². The average molecular weight is 282 g/mol. The lowest BCUT2D eigenvalue weighted by Crippen LogP contribution is -2.39. The van der Waals surface area contributed by atoms with E-state index in [1.165, 1.54) is 0 Å². The quantitative estimate of drug-likeness (QED) is 0.786. The van der Waals surface area contributed by atoms with Crippen LogP contribution in [0.1, 0.15) is 18.5 Å². The smallest absolute Gasteiger partial charge is 0.161 e. The standard InChI is InChI=1S/C15H26N2O3/c1-11(10-18-3)17(2)13(9-16)12-6-7-14(19-4)15(8-12)20-5/h6-8,11,13H,9-10,16H2,1-5H3. The van der Waals surface area contributed by atoms with E-state index in [-0.39, 0.29) is 12.1 Å². The number of methoxy groups -OCH3 is 3. The molecule has 1 aromatic carbocycles. The molecule has 5 nitrogen and oxygen atoms in total. The third-order valence-corrected chi connectivity index (χ3v) is 3.61. The summed E-state index contributed by atoms with van der Waals surface area (Å²) in [5, 5.41) is 0. The molecule has 0 fully saturated rings. The fourth-order valence-electron chi connectivity index (χ4n) is 2.26. The fourth-order valence-corrected chi connectivity index (χ4v) is 2.26. The van der Waals surface area contributed by atoms with Crippen molar-refractivity contribution in [3.05, 3.63) is 23.8 Å². The van der Waals surface area contributed by atoms with Crippen molar-refractivity contribution in [3.8, 4) is 11.5 Å². The summed E-state index contributed by atoms with van der Waals surface area (Å²) in [5.74, 6) is 1.44. The summed E-state index contributed by atoms with van der Waals surface area (Å²) in [4.78, 5) is 2.21. The van der Waals surface area contributed by atoms with Gasteiger partial charge in [0, 0.05) is 25.7 Å². The molecule has 0 spiro atoms. The predicted molar refractivity (Wildman–Crippen MR) is 80.4 cm³/mol. The zero-order valence-electron chi connectivity index (χ0n) is 13.1. The second kappa shape index (κ2) is 8.09. The minimum atomic E-state index is 0.111. The second-order valence-electron chi connectivity index (χ2n) is 4.84. The average Bonchev–Trinajstić information content (AvgIpc) is 2.47. The SMILES string of the molecule is COCC(C)N(C)C(CN)c1ccc(OC)c(OC)c1. The molecule has 0 aliphatic carbocycles. The van der Waals surface area contributed by atoms with E-state index in [1.54, 1.807) is 21.3 Å². The van der Waals surface area contributed by atoms with Gasteiger partial charge in [0.15, 0.2) is 11.5 Å². The van der Waals surface area contributed by atoms with Crippen LogP contribution < -0.4 is 15.2 Å². The van der Waals surface area contributed by atoms with Crippen LogP contribution in [0.3, 0.4) is 0 Å². The van der Waals surface area contributed by atoms with E-state index in [0.29, 0.717) is 13.2 Å². The van der Waals surface area contributed by atoms with Gasteiger partial charge in [0.2, 0.25) is 0 Å². The Morgan fingerprint density at radius 2 is 1.80 bits per heavy atom. The molecule has 2 atom stereocenters. The van der Waals surface area contributed by atoms with Gasteiger partial charge in [-0.3, -0.25) is 4.90 Å². The Balaban J connectivity index is 3.00. The molecule has 0 aromatic heterocycles. The second-order valence-corrected chi connectivity index (χ2v) is 4.84. The molecule has 5 heteroatoms. The first-order valence-corrected chi connectivity index (χ1v) is 6.71. The molecule has 0 saturated heterocycles. The van der Waals surface area contributed by atoms with E-state index in [4.69, 9.17) is 19.9 Å². The largest absolute Gasteiger partial charge is 0.493 e. The Morgan fingerprint density at radius 1 is 1.15 bits per heavy atom. The maximum absolute atomic E-state index is 5.95. The van der Waals surface area contributed by atoms with Crippen LogP contribution in [0.15, 0.2) is 18.2 Å². The Kier molecular flexibility index (Phi) is 6.78. The summed E-state index contributed by atoms with van der Waals surface area (Å²) in [5.41, 5.74) is 7.05. The highest BCUT2D eigenvalue weighted by atomic mass is 16.5. The molecule has 20 heavy (non-hydrogen) atoms. The molecule has 2 unspecified atom stereocenters. The lowest BCUT2D eigenvalue weighted by molar-refractivity contribution is 0.0909. The molecular formula is C15H26N2O3. The molecule has 0 bridgehead atoms. The molecule has 0 aliphatic heterocycles. The van der Waals surface area contributed by atoms with Gasteiger partial charge in [-0.05, 0) is 31.7 Å². The Bertz CT molecular complexity index is 412. The van der Waals surface area contributed by atoms with Crippen molar-refractivity contribution in [2.45, 2.75) is 19.0 Å². The van der Waals surface area contributed by atoms with Crippen molar-refractivity contribution in [1.82, 2.24) is 4.90 Å². The van der Waals surface area contributed by atoms with Crippen LogP contribution in [0.5, 0.6) is 11.5 Å². The van der Waals surface area contributed by atoms with Gasteiger partial charge in [0.05, 0.1) is 20.8 Å². The Morgan fingerprint density at radius 3 is 2.30 bits per heavy atom. The van der Waals surface area contributed by atoms with Gasteiger partial charge in [-0.1, -0.05) is 6.07 Å². The number of benzene rings is 1. The minimum Gasteiger partial charge on any atom is -0.493 e. The van der Waals surface area contributed by atoms with Crippen LogP contribution in [0.2, 0.25) is 0 Å². The van der Waals surface area contributed by atoms with Crippen LogP contribution in [-0.4, -0.2) is 52.5 Å². The van der Waals surface area contributed by atoms with Crippen LogP contribution >= 0.6 is 0 Å². The summed E-state index contributed by atoms with van der Waals surface area (Å²) in [6, 6.07) is 6.30. The van der Waals surface area contributed by atoms with Crippen LogP contribution in [0, 0.1) is 0 Å². The van der Waals surface area contributed by atoms with Gasteiger partial charge in [-0.25, -0.2) is 0 Å². The predicted octanol–water partition coefficient (Wildman–Crippen LogP) is 1.67. The summed E-state index contributed by atoms with van der Waals surface area (Å²) in [6.07, 6.45) is 0. The first-order chi connectivity index (χ1) is 9.58. The maximum atomic E-state index is 5.95. The number of hydrogen-bond acceptors (Lipinski definition) is 5. The van der Waals surface area contributed by atoms with E-state index in [1.807, 2.05) is 18.2 Å². The van der Waals surface area contributed by atoms with Gasteiger partial charge in [0.25, 0.3) is 0 Å². The highest BCUT2D eigenvalue weighted by Crippen LogP contribution is 2.31. The van der Waals surface area contributed by atoms with Crippen molar-refractivity contribution in [2.24, 2.45) is 5.73 Å². The number of hydrogen-bond donors (Lipinski definition) is 1. The van der Waals surface area contributed by atoms with Gasteiger partial charge < -0.3 is 19.9 Å². The van der Waals surface area contributed by atoms with E-state index in [9.17, 15) is 0 Å². The van der Waals surface area contributed by atoms with Gasteiger partial charge in [0.1, 0.15) is 0 Å². The number of nitrogens with two attached hydrogens (primary N) is 1. The molecule has 0 radical (unpaired) electrons. The summed E-state index contributed by atoms with van der Waals surface area (Å²) in [7, 11) is 7.02. The normalized spacial score (nSPS) is 14.2. The lowest BCUT2D eigenvalue weighted by atomic mass is 10.0. The van der Waals surface area contributed by atoms with Gasteiger partial charge in [-0.15, -0.1) is 0 Å². The highest BCUT2D eigenvalue weighted by Gasteiger charge is 2.21. The molecule has 2 N–H and O–H groups in total. The third kappa shape index (κ3) is 3.85. The molecule has 0 heterocycles. The molecule has 0 saturated carbocycles. The van der Waals surface area contributed by atoms with E-state index >= 15 is 0 Å². The number of ether oxygens (including phenoxy) is 3. The first kappa shape index (κ1) is 16.8. The first-order valence-electron chi connectivity index (χ1n) is 6.71. The summed E-state index contributed by atoms with van der Waals surface area (Å²) >= 11 is 0. The maximum Gasteiger partial charge on any atom is 0.161 e. The van der Waals surface area contributed by atoms with Gasteiger partial charge in [-0.2, -0.15) is 0 Å². The fraction of sp³-hybridized carbons (Fsp3) is 0.600. The highest BCUT2D eigenvalue weighted by molar-refractivity contribution is 5.43. The van der Waals surface area contributed by atoms with Crippen molar-refractivity contribution < 1.29 is 14.2 Å². The van der Waals surface area contributed by atoms with Crippen molar-refractivity contribution in [2.75, 3.05) is 41.5 Å². The Hall–Kier alpha value is -1.30. The minimum absolute atomic E-state index is 0.111. The molecule has 0 amide bonds. The molecule has 0 aliphatic rings. The number of likely N-dealkylation sites (N-methyl/N-ethyl adjacent to an activating group) is 1. The van der Waals surface area contributed by atoms with Crippen molar-refractivity contribution >= 4 is 0 Å². The van der Waals surface area contributed by atoms with E-state index in [2.05, 4.69) is 18.9 Å². The zero-order valence-corrected chi connectivity index (χ0v) is 13.1. The van der Waals surface area contributed by atoms with Crippen LogP contribution in [-0.2, 0) is 4.74 Å². The lowest BCUT2D eigenvalue weighted by Gasteiger charge is -2.32. The Labute approximate surface area is 121 Å².